The molecule has 0 spiro atoms. The first kappa shape index (κ1) is 12.6. The van der Waals surface area contributed by atoms with Gasteiger partial charge in [-0.25, -0.2) is 9.78 Å². The highest BCUT2D eigenvalue weighted by Gasteiger charge is 2.31. The van der Waals surface area contributed by atoms with E-state index < -0.39 is 8.07 Å². The second-order valence-electron chi connectivity index (χ2n) is 4.74. The van der Waals surface area contributed by atoms with E-state index >= 15 is 0 Å². The third-order valence-corrected chi connectivity index (χ3v) is 6.28. The van der Waals surface area contributed by atoms with E-state index in [4.69, 9.17) is 19.2 Å². The molecule has 1 aromatic carbocycles. The molecule has 0 N–H and O–H groups in total. The standard InChI is InChI=1S/C12H18O4Si/c1-13-10-4-6-11(7-5-10)17(2,3)8-12-14-9-15-16-12/h4-7,12H,8-9H2,1-3H3. The molecule has 1 aromatic rings. The number of hydrogen-bond donors (Lipinski definition) is 0. The van der Waals surface area contributed by atoms with Crippen molar-refractivity contribution in [1.82, 2.24) is 0 Å². The first-order chi connectivity index (χ1) is 8.12. The molecule has 0 radical (unpaired) electrons. The Bertz CT molecular complexity index is 357. The maximum atomic E-state index is 5.32. The number of methoxy groups -OCH3 is 1. The van der Waals surface area contributed by atoms with Crippen LogP contribution < -0.4 is 9.92 Å². The van der Waals surface area contributed by atoms with Crippen LogP contribution in [0.15, 0.2) is 24.3 Å². The van der Waals surface area contributed by atoms with Crippen molar-refractivity contribution in [1.29, 1.82) is 0 Å². The summed E-state index contributed by atoms with van der Waals surface area (Å²) >= 11 is 0. The first-order valence-electron chi connectivity index (χ1n) is 5.66. The van der Waals surface area contributed by atoms with E-state index in [1.807, 2.05) is 12.1 Å². The summed E-state index contributed by atoms with van der Waals surface area (Å²) in [6.45, 7) is 4.82. The molecule has 0 aromatic heterocycles. The lowest BCUT2D eigenvalue weighted by molar-refractivity contribution is -0.272. The summed E-state index contributed by atoms with van der Waals surface area (Å²) < 4.78 is 10.5. The highest BCUT2D eigenvalue weighted by Crippen LogP contribution is 2.20. The third-order valence-electron chi connectivity index (χ3n) is 3.03. The molecule has 1 heterocycles. The highest BCUT2D eigenvalue weighted by atomic mass is 28.3. The zero-order valence-corrected chi connectivity index (χ0v) is 11.4. The van der Waals surface area contributed by atoms with Gasteiger partial charge in [-0.2, -0.15) is 0 Å². The molecule has 0 bridgehead atoms. The second-order valence-corrected chi connectivity index (χ2v) is 9.50. The van der Waals surface area contributed by atoms with Crippen LogP contribution in [0.5, 0.6) is 5.75 Å². The van der Waals surface area contributed by atoms with Crippen molar-refractivity contribution in [2.45, 2.75) is 25.4 Å². The summed E-state index contributed by atoms with van der Waals surface area (Å²) in [6.07, 6.45) is -0.223. The maximum absolute atomic E-state index is 5.32. The van der Waals surface area contributed by atoms with E-state index in [0.29, 0.717) is 0 Å². The van der Waals surface area contributed by atoms with Gasteiger partial charge in [0, 0.05) is 6.04 Å². The molecule has 4 nitrogen and oxygen atoms in total. The van der Waals surface area contributed by atoms with E-state index in [1.165, 1.54) is 5.19 Å². The Morgan fingerprint density at radius 2 is 2.00 bits per heavy atom. The third kappa shape index (κ3) is 3.07. The van der Waals surface area contributed by atoms with Gasteiger partial charge < -0.3 is 9.47 Å². The lowest BCUT2D eigenvalue weighted by Gasteiger charge is -2.24. The van der Waals surface area contributed by atoms with Gasteiger partial charge in [-0.1, -0.05) is 30.4 Å². The van der Waals surface area contributed by atoms with Crippen molar-refractivity contribution in [3.05, 3.63) is 24.3 Å². The molecule has 1 aliphatic rings. The number of benzene rings is 1. The average Bonchev–Trinajstić information content (AvgIpc) is 2.81. The quantitative estimate of drug-likeness (QED) is 0.607. The molecule has 0 saturated carbocycles. The smallest absolute Gasteiger partial charge is 0.192 e. The minimum absolute atomic E-state index is 0.223. The molecule has 1 fully saturated rings. The Kier molecular flexibility index (Phi) is 3.83. The Morgan fingerprint density at radius 3 is 2.53 bits per heavy atom. The van der Waals surface area contributed by atoms with Crippen LogP contribution in [0.4, 0.5) is 0 Å². The lowest BCUT2D eigenvalue weighted by atomic mass is 10.3. The van der Waals surface area contributed by atoms with Gasteiger partial charge in [0.15, 0.2) is 13.1 Å². The highest BCUT2D eigenvalue weighted by molar-refractivity contribution is 6.89. The van der Waals surface area contributed by atoms with Gasteiger partial charge in [-0.3, -0.25) is 0 Å². The molecule has 1 saturated heterocycles. The van der Waals surface area contributed by atoms with Crippen LogP contribution in [-0.4, -0.2) is 28.3 Å². The first-order valence-corrected chi connectivity index (χ1v) is 8.87. The van der Waals surface area contributed by atoms with Gasteiger partial charge in [0.1, 0.15) is 5.75 Å². The molecule has 0 amide bonds. The van der Waals surface area contributed by atoms with Crippen LogP contribution in [0.2, 0.25) is 19.1 Å². The van der Waals surface area contributed by atoms with E-state index in [0.717, 1.165) is 11.8 Å². The van der Waals surface area contributed by atoms with Crippen molar-refractivity contribution in [2.75, 3.05) is 13.9 Å². The molecule has 94 valence electrons. The summed E-state index contributed by atoms with van der Waals surface area (Å²) in [7, 11) is 0.110. The SMILES string of the molecule is COc1ccc([Si](C)(C)CC2OCOO2)cc1. The monoisotopic (exact) mass is 254 g/mol. The summed E-state index contributed by atoms with van der Waals surface area (Å²) in [5.74, 6) is 0.884. The van der Waals surface area contributed by atoms with Crippen molar-refractivity contribution in [3.8, 4) is 5.75 Å². The zero-order chi connectivity index (χ0) is 12.3. The Hall–Kier alpha value is -0.883. The van der Waals surface area contributed by atoms with Crippen LogP contribution in [0.1, 0.15) is 0 Å². The van der Waals surface area contributed by atoms with Gasteiger partial charge >= 0.3 is 0 Å². The average molecular weight is 254 g/mol. The molecule has 0 aliphatic carbocycles. The fraction of sp³-hybridized carbons (Fsp3) is 0.500. The van der Waals surface area contributed by atoms with Crippen molar-refractivity contribution in [2.24, 2.45) is 0 Å². The summed E-state index contributed by atoms with van der Waals surface area (Å²) in [6, 6.07) is 9.13. The molecule has 17 heavy (non-hydrogen) atoms. The normalized spacial score (nSPS) is 20.5. The number of rotatable bonds is 4. The molecule has 1 aliphatic heterocycles. The lowest BCUT2D eigenvalue weighted by Crippen LogP contribution is -2.44. The van der Waals surface area contributed by atoms with Crippen LogP contribution in [0, 0.1) is 0 Å². The Labute approximate surface area is 102 Å². The molecule has 2 rings (SSSR count). The molecular formula is C12H18O4Si. The van der Waals surface area contributed by atoms with Crippen LogP contribution >= 0.6 is 0 Å². The summed E-state index contributed by atoms with van der Waals surface area (Å²) in [5, 5.41) is 1.36. The number of ether oxygens (including phenoxy) is 2. The van der Waals surface area contributed by atoms with E-state index in [9.17, 15) is 0 Å². The van der Waals surface area contributed by atoms with E-state index in [1.54, 1.807) is 7.11 Å². The summed E-state index contributed by atoms with van der Waals surface area (Å²) in [5.41, 5.74) is 0. The predicted molar refractivity (Wildman–Crippen MR) is 66.8 cm³/mol. The Balaban J connectivity index is 2.06. The Morgan fingerprint density at radius 1 is 1.29 bits per heavy atom. The van der Waals surface area contributed by atoms with Gasteiger partial charge in [0.2, 0.25) is 0 Å². The topological polar surface area (TPSA) is 36.9 Å². The van der Waals surface area contributed by atoms with Gasteiger partial charge in [-0.15, -0.1) is 0 Å². The minimum Gasteiger partial charge on any atom is -0.497 e. The van der Waals surface area contributed by atoms with Gasteiger partial charge in [0.25, 0.3) is 0 Å². The minimum atomic E-state index is -1.57. The zero-order valence-electron chi connectivity index (χ0n) is 10.4. The van der Waals surface area contributed by atoms with Crippen LogP contribution in [0.3, 0.4) is 0 Å². The molecule has 5 heteroatoms. The second kappa shape index (κ2) is 5.18. The van der Waals surface area contributed by atoms with Crippen LogP contribution in [-0.2, 0) is 14.5 Å². The van der Waals surface area contributed by atoms with E-state index in [-0.39, 0.29) is 13.1 Å². The van der Waals surface area contributed by atoms with Gasteiger partial charge in [0.05, 0.1) is 15.2 Å². The van der Waals surface area contributed by atoms with Crippen molar-refractivity contribution in [3.63, 3.8) is 0 Å². The largest absolute Gasteiger partial charge is 0.497 e. The fourth-order valence-corrected chi connectivity index (χ4v) is 4.23. The molecular weight excluding hydrogens is 236 g/mol. The fourth-order valence-electron chi connectivity index (χ4n) is 1.90. The van der Waals surface area contributed by atoms with Crippen LogP contribution in [0.25, 0.3) is 0 Å². The predicted octanol–water partition coefficient (Wildman–Crippen LogP) is 1.87. The van der Waals surface area contributed by atoms with Crippen molar-refractivity contribution < 1.29 is 19.2 Å². The maximum Gasteiger partial charge on any atom is 0.192 e. The molecule has 1 unspecified atom stereocenters. The van der Waals surface area contributed by atoms with Crippen molar-refractivity contribution >= 4 is 13.3 Å². The number of hydrogen-bond acceptors (Lipinski definition) is 4. The molecule has 1 atom stereocenters. The van der Waals surface area contributed by atoms with Gasteiger partial charge in [-0.05, 0) is 12.1 Å². The van der Waals surface area contributed by atoms with E-state index in [2.05, 4.69) is 25.2 Å². The summed E-state index contributed by atoms with van der Waals surface area (Å²) in [4.78, 5) is 9.80.